The topological polar surface area (TPSA) is 58.6 Å². The van der Waals surface area contributed by atoms with E-state index in [2.05, 4.69) is 12.2 Å². The third-order valence-corrected chi connectivity index (χ3v) is 6.98. The number of piperidine rings is 1. The molecule has 0 atom stereocenters. The smallest absolute Gasteiger partial charge is 0.233 e. The highest BCUT2D eigenvalue weighted by atomic mass is 35.5. The van der Waals surface area contributed by atoms with Gasteiger partial charge in [-0.3, -0.25) is 9.59 Å². The number of amides is 2. The minimum atomic E-state index is -0.685. The predicted octanol–water partition coefficient (Wildman–Crippen LogP) is 4.59. The number of ether oxygens (including phenoxy) is 1. The monoisotopic (exact) mass is 454 g/mol. The summed E-state index contributed by atoms with van der Waals surface area (Å²) >= 11 is 12.6. The number of carbonyl (C=O) groups excluding carboxylic acids is 2. The maximum Gasteiger partial charge on any atom is 0.233 e. The summed E-state index contributed by atoms with van der Waals surface area (Å²) < 4.78 is 5.56. The van der Waals surface area contributed by atoms with E-state index >= 15 is 0 Å². The van der Waals surface area contributed by atoms with E-state index in [1.807, 2.05) is 11.0 Å². The van der Waals surface area contributed by atoms with E-state index in [1.54, 1.807) is 12.1 Å². The molecule has 3 rings (SSSR count). The van der Waals surface area contributed by atoms with Crippen molar-refractivity contribution in [3.63, 3.8) is 0 Å². The van der Waals surface area contributed by atoms with E-state index in [4.69, 9.17) is 27.9 Å². The van der Waals surface area contributed by atoms with Crippen molar-refractivity contribution >= 4 is 35.0 Å². The van der Waals surface area contributed by atoms with Gasteiger partial charge >= 0.3 is 0 Å². The molecule has 166 valence electrons. The number of nitrogens with zero attached hydrogens (tertiary/aromatic N) is 1. The van der Waals surface area contributed by atoms with Crippen LogP contribution in [0.25, 0.3) is 0 Å². The van der Waals surface area contributed by atoms with E-state index in [0.29, 0.717) is 62.0 Å². The molecular formula is C23H32Cl2N2O3. The Balaban J connectivity index is 1.66. The highest BCUT2D eigenvalue weighted by Crippen LogP contribution is 2.41. The number of rotatable bonds is 7. The summed E-state index contributed by atoms with van der Waals surface area (Å²) in [6, 6.07) is 5.38. The van der Waals surface area contributed by atoms with Gasteiger partial charge in [-0.1, -0.05) is 49.0 Å². The van der Waals surface area contributed by atoms with Gasteiger partial charge in [0, 0.05) is 48.8 Å². The van der Waals surface area contributed by atoms with Crippen molar-refractivity contribution in [2.24, 2.45) is 5.92 Å². The third kappa shape index (κ3) is 5.30. The first-order valence-corrected chi connectivity index (χ1v) is 11.8. The van der Waals surface area contributed by atoms with Crippen molar-refractivity contribution in [1.82, 2.24) is 10.2 Å². The van der Waals surface area contributed by atoms with Gasteiger partial charge in [0.1, 0.15) is 0 Å². The average molecular weight is 455 g/mol. The molecule has 30 heavy (non-hydrogen) atoms. The molecule has 0 saturated carbocycles. The molecule has 2 saturated heterocycles. The van der Waals surface area contributed by atoms with E-state index in [0.717, 1.165) is 31.4 Å². The molecule has 7 heteroatoms. The second kappa shape index (κ2) is 10.8. The van der Waals surface area contributed by atoms with Crippen LogP contribution in [0.3, 0.4) is 0 Å². The molecule has 0 unspecified atom stereocenters. The van der Waals surface area contributed by atoms with Gasteiger partial charge in [-0.15, -0.1) is 0 Å². The quantitative estimate of drug-likeness (QED) is 0.612. The van der Waals surface area contributed by atoms with Gasteiger partial charge in [-0.05, 0) is 49.8 Å². The van der Waals surface area contributed by atoms with Crippen LogP contribution in [0.2, 0.25) is 10.0 Å². The molecule has 0 spiro atoms. The fraction of sp³-hybridized carbons (Fsp3) is 0.652. The Morgan fingerprint density at radius 3 is 2.50 bits per heavy atom. The van der Waals surface area contributed by atoms with Gasteiger partial charge in [0.05, 0.1) is 5.41 Å². The first kappa shape index (κ1) is 23.4. The summed E-state index contributed by atoms with van der Waals surface area (Å²) in [5.41, 5.74) is 0.146. The summed E-state index contributed by atoms with van der Waals surface area (Å²) in [6.07, 6.45) is 5.90. The summed E-state index contributed by atoms with van der Waals surface area (Å²) in [5.74, 6) is 0.206. The SMILES string of the molecule is CCCCCNC(=O)C1CCN(C(=O)C2(c3ccc(Cl)cc3Cl)CCOCC2)CC1. The van der Waals surface area contributed by atoms with E-state index in [1.165, 1.54) is 0 Å². The van der Waals surface area contributed by atoms with Gasteiger partial charge < -0.3 is 15.0 Å². The van der Waals surface area contributed by atoms with Crippen LogP contribution in [0.5, 0.6) is 0 Å². The van der Waals surface area contributed by atoms with Crippen LogP contribution in [-0.2, 0) is 19.7 Å². The van der Waals surface area contributed by atoms with E-state index < -0.39 is 5.41 Å². The molecule has 1 aromatic carbocycles. The van der Waals surface area contributed by atoms with Crippen molar-refractivity contribution in [2.45, 2.75) is 57.3 Å². The molecule has 2 heterocycles. The molecule has 0 radical (unpaired) electrons. The Kier molecular flexibility index (Phi) is 8.44. The highest BCUT2D eigenvalue weighted by Gasteiger charge is 2.46. The standard InChI is InChI=1S/C23H32Cl2N2O3/c1-2-3-4-11-26-21(28)17-7-12-27(13-8-17)22(29)23(9-14-30-15-10-23)19-6-5-18(24)16-20(19)25/h5-6,16-17H,2-4,7-15H2,1H3,(H,26,28). The van der Waals surface area contributed by atoms with Gasteiger partial charge in [0.2, 0.25) is 11.8 Å². The van der Waals surface area contributed by atoms with Gasteiger partial charge in [-0.2, -0.15) is 0 Å². The Bertz CT molecular complexity index is 742. The molecule has 2 fully saturated rings. The number of benzene rings is 1. The number of unbranched alkanes of at least 4 members (excludes halogenated alkanes) is 2. The average Bonchev–Trinajstić information content (AvgIpc) is 2.76. The van der Waals surface area contributed by atoms with Crippen molar-refractivity contribution < 1.29 is 14.3 Å². The van der Waals surface area contributed by atoms with Crippen LogP contribution in [0.4, 0.5) is 0 Å². The number of likely N-dealkylation sites (tertiary alicyclic amines) is 1. The Morgan fingerprint density at radius 1 is 1.17 bits per heavy atom. The summed E-state index contributed by atoms with van der Waals surface area (Å²) in [7, 11) is 0. The van der Waals surface area contributed by atoms with Crippen molar-refractivity contribution in [3.8, 4) is 0 Å². The zero-order valence-corrected chi connectivity index (χ0v) is 19.2. The molecule has 2 aliphatic rings. The molecule has 1 aromatic rings. The first-order chi connectivity index (χ1) is 14.5. The molecule has 2 aliphatic heterocycles. The molecule has 5 nitrogen and oxygen atoms in total. The van der Waals surface area contributed by atoms with E-state index in [-0.39, 0.29) is 17.7 Å². The zero-order chi connectivity index (χ0) is 21.6. The van der Waals surface area contributed by atoms with Crippen LogP contribution in [-0.4, -0.2) is 49.6 Å². The summed E-state index contributed by atoms with van der Waals surface area (Å²) in [4.78, 5) is 28.1. The van der Waals surface area contributed by atoms with Crippen molar-refractivity contribution in [3.05, 3.63) is 33.8 Å². The summed E-state index contributed by atoms with van der Waals surface area (Å²) in [6.45, 7) is 5.14. The second-order valence-electron chi connectivity index (χ2n) is 8.38. The molecule has 0 aromatic heterocycles. The molecule has 2 amide bonds. The van der Waals surface area contributed by atoms with E-state index in [9.17, 15) is 9.59 Å². The van der Waals surface area contributed by atoms with Crippen LogP contribution >= 0.6 is 23.2 Å². The largest absolute Gasteiger partial charge is 0.381 e. The Morgan fingerprint density at radius 2 is 1.87 bits per heavy atom. The number of carbonyl (C=O) groups is 2. The first-order valence-electron chi connectivity index (χ1n) is 11.1. The fourth-order valence-corrected chi connectivity index (χ4v) is 5.16. The third-order valence-electron chi connectivity index (χ3n) is 6.43. The number of nitrogens with one attached hydrogen (secondary N) is 1. The van der Waals surface area contributed by atoms with Crippen molar-refractivity contribution in [2.75, 3.05) is 32.8 Å². The van der Waals surface area contributed by atoms with Crippen LogP contribution < -0.4 is 5.32 Å². The lowest BCUT2D eigenvalue weighted by molar-refractivity contribution is -0.144. The maximum atomic E-state index is 13.7. The molecule has 0 aliphatic carbocycles. The van der Waals surface area contributed by atoms with Crippen LogP contribution in [0, 0.1) is 5.92 Å². The summed E-state index contributed by atoms with van der Waals surface area (Å²) in [5, 5.41) is 4.14. The van der Waals surface area contributed by atoms with Crippen LogP contribution in [0.1, 0.15) is 57.4 Å². The number of hydrogen-bond acceptors (Lipinski definition) is 3. The molecular weight excluding hydrogens is 423 g/mol. The van der Waals surface area contributed by atoms with Crippen LogP contribution in [0.15, 0.2) is 18.2 Å². The normalized spacial score (nSPS) is 19.5. The minimum Gasteiger partial charge on any atom is -0.381 e. The number of hydrogen-bond donors (Lipinski definition) is 1. The highest BCUT2D eigenvalue weighted by molar-refractivity contribution is 6.35. The minimum absolute atomic E-state index is 0.0135. The molecule has 1 N–H and O–H groups in total. The van der Waals surface area contributed by atoms with Crippen molar-refractivity contribution in [1.29, 1.82) is 0 Å². The fourth-order valence-electron chi connectivity index (χ4n) is 4.57. The lowest BCUT2D eigenvalue weighted by Crippen LogP contribution is -2.53. The van der Waals surface area contributed by atoms with Gasteiger partial charge in [-0.25, -0.2) is 0 Å². The zero-order valence-electron chi connectivity index (χ0n) is 17.7. The Labute approximate surface area is 189 Å². The number of halogens is 2. The molecule has 0 bridgehead atoms. The lowest BCUT2D eigenvalue weighted by Gasteiger charge is -2.42. The van der Waals surface area contributed by atoms with Gasteiger partial charge in [0.15, 0.2) is 0 Å². The second-order valence-corrected chi connectivity index (χ2v) is 9.23. The lowest BCUT2D eigenvalue weighted by atomic mass is 9.72. The van der Waals surface area contributed by atoms with Gasteiger partial charge in [0.25, 0.3) is 0 Å². The predicted molar refractivity (Wildman–Crippen MR) is 120 cm³/mol. The Hall–Kier alpha value is -1.30. The maximum absolute atomic E-state index is 13.7.